The minimum Gasteiger partial charge on any atom is -0.402 e. The second-order valence-corrected chi connectivity index (χ2v) is 9.52. The van der Waals surface area contributed by atoms with E-state index in [1.807, 2.05) is 37.4 Å². The van der Waals surface area contributed by atoms with Crippen LogP contribution < -0.4 is 11.1 Å². The molecule has 1 aromatic heterocycles. The molecule has 3 aromatic rings. The van der Waals surface area contributed by atoms with Gasteiger partial charge in [-0.25, -0.2) is 0 Å². The molecule has 0 spiro atoms. The van der Waals surface area contributed by atoms with Crippen molar-refractivity contribution >= 4 is 46.8 Å². The van der Waals surface area contributed by atoms with Gasteiger partial charge in [-0.05, 0) is 36.8 Å². The van der Waals surface area contributed by atoms with Crippen molar-refractivity contribution in [2.75, 3.05) is 32.0 Å². The normalized spacial score (nSPS) is 17.1. The number of anilines is 1. The van der Waals surface area contributed by atoms with Crippen molar-refractivity contribution in [3.05, 3.63) is 92.9 Å². The zero-order valence-corrected chi connectivity index (χ0v) is 21.8. The van der Waals surface area contributed by atoms with E-state index in [9.17, 15) is 9.59 Å². The number of rotatable bonds is 4. The van der Waals surface area contributed by atoms with E-state index in [0.717, 1.165) is 23.1 Å². The van der Waals surface area contributed by atoms with Crippen LogP contribution in [0.5, 0.6) is 0 Å². The number of halogens is 2. The maximum absolute atomic E-state index is 13.0. The van der Waals surface area contributed by atoms with Gasteiger partial charge in [-0.1, -0.05) is 46.6 Å². The van der Waals surface area contributed by atoms with Gasteiger partial charge in [0.05, 0.1) is 15.8 Å². The van der Waals surface area contributed by atoms with E-state index in [1.165, 1.54) is 6.26 Å². The van der Waals surface area contributed by atoms with Gasteiger partial charge < -0.3 is 25.3 Å². The molecule has 1 unspecified atom stereocenters. The molecular weight excluding hydrogens is 513 g/mol. The largest absolute Gasteiger partial charge is 0.402 e. The number of benzene rings is 2. The van der Waals surface area contributed by atoms with Crippen LogP contribution in [0.3, 0.4) is 0 Å². The maximum atomic E-state index is 13.0. The first-order valence-corrected chi connectivity index (χ1v) is 12.5. The Hall–Kier alpha value is -3.62. The molecule has 2 aromatic carbocycles. The molecule has 3 heterocycles. The van der Waals surface area contributed by atoms with Crippen molar-refractivity contribution in [1.82, 2.24) is 10.1 Å². The summed E-state index contributed by atoms with van der Waals surface area (Å²) in [6.45, 7) is 1.10. The van der Waals surface area contributed by atoms with Crippen molar-refractivity contribution in [2.45, 2.75) is 12.8 Å². The standard InChI is InChI=1S/C20H18Cl2N4O3.C7H9N/c21-15-2-1-12(6-16(15)22)20(28)26-4-3-17(23)14(8-26)19-18-13(10-29-25-18)5-11(9-27)7-24-19;1-8-7-5-3-2-4-6-7/h1-2,6,9-11H,3-5,7-8,23H2;2-6,8H,1H3. The summed E-state index contributed by atoms with van der Waals surface area (Å²) in [4.78, 5) is 30.6. The lowest BCUT2D eigenvalue weighted by Crippen LogP contribution is -2.40. The third kappa shape index (κ3) is 6.21. The zero-order valence-electron chi connectivity index (χ0n) is 20.3. The summed E-state index contributed by atoms with van der Waals surface area (Å²) in [6.07, 6.45) is 3.44. The van der Waals surface area contributed by atoms with Gasteiger partial charge in [0.1, 0.15) is 18.2 Å². The highest BCUT2D eigenvalue weighted by Crippen LogP contribution is 2.27. The third-order valence-corrected chi connectivity index (χ3v) is 6.95. The minimum atomic E-state index is -0.245. The number of aliphatic imine (C=N–C) groups is 1. The fourth-order valence-corrected chi connectivity index (χ4v) is 4.45. The summed E-state index contributed by atoms with van der Waals surface area (Å²) in [5.41, 5.74) is 11.3. The molecule has 1 atom stereocenters. The second kappa shape index (κ2) is 12.1. The highest BCUT2D eigenvalue weighted by atomic mass is 35.5. The third-order valence-electron chi connectivity index (χ3n) is 6.22. The van der Waals surface area contributed by atoms with Gasteiger partial charge in [0.25, 0.3) is 5.91 Å². The van der Waals surface area contributed by atoms with Gasteiger partial charge in [0.15, 0.2) is 0 Å². The van der Waals surface area contributed by atoms with Crippen LogP contribution in [-0.4, -0.2) is 54.6 Å². The molecule has 0 aliphatic carbocycles. The highest BCUT2D eigenvalue weighted by Gasteiger charge is 2.30. The number of aromatic nitrogens is 1. The molecule has 2 aliphatic heterocycles. The monoisotopic (exact) mass is 539 g/mol. The fraction of sp³-hybridized carbons (Fsp3) is 0.259. The SMILES string of the molecule is CNc1ccccc1.NC1=C(C2=NCC(C=O)Cc3conc32)CN(C(=O)c2ccc(Cl)c(Cl)c2)CC1. The quantitative estimate of drug-likeness (QED) is 0.467. The average molecular weight is 540 g/mol. The number of amides is 1. The predicted octanol–water partition coefficient (Wildman–Crippen LogP) is 4.63. The van der Waals surface area contributed by atoms with E-state index in [-0.39, 0.29) is 18.4 Å². The first-order chi connectivity index (χ1) is 17.9. The predicted molar refractivity (Wildman–Crippen MR) is 145 cm³/mol. The fourth-order valence-electron chi connectivity index (χ4n) is 4.15. The van der Waals surface area contributed by atoms with Gasteiger partial charge in [-0.2, -0.15) is 0 Å². The van der Waals surface area contributed by atoms with Gasteiger partial charge in [-0.15, -0.1) is 0 Å². The summed E-state index contributed by atoms with van der Waals surface area (Å²) in [5, 5.41) is 7.82. The summed E-state index contributed by atoms with van der Waals surface area (Å²) < 4.78 is 5.12. The number of hydrogen-bond acceptors (Lipinski definition) is 7. The maximum Gasteiger partial charge on any atom is 0.254 e. The molecule has 3 N–H and O–H groups in total. The Morgan fingerprint density at radius 1 is 1.19 bits per heavy atom. The Bertz CT molecular complexity index is 1340. The number of aldehydes is 1. The molecule has 8 nitrogen and oxygen atoms in total. The molecule has 192 valence electrons. The number of fused-ring (bicyclic) bond motifs is 1. The van der Waals surface area contributed by atoms with E-state index >= 15 is 0 Å². The molecule has 37 heavy (non-hydrogen) atoms. The Morgan fingerprint density at radius 2 is 1.97 bits per heavy atom. The van der Waals surface area contributed by atoms with Gasteiger partial charge in [-0.3, -0.25) is 9.79 Å². The zero-order chi connectivity index (χ0) is 26.4. The van der Waals surface area contributed by atoms with Crippen molar-refractivity contribution < 1.29 is 14.1 Å². The molecule has 0 bridgehead atoms. The van der Waals surface area contributed by atoms with Crippen LogP contribution in [0.4, 0.5) is 5.69 Å². The van der Waals surface area contributed by atoms with Crippen molar-refractivity contribution in [1.29, 1.82) is 0 Å². The van der Waals surface area contributed by atoms with Crippen LogP contribution in [0.15, 0.2) is 75.6 Å². The van der Waals surface area contributed by atoms with Crippen molar-refractivity contribution in [3.8, 4) is 0 Å². The van der Waals surface area contributed by atoms with Crippen LogP contribution in [0, 0.1) is 5.92 Å². The smallest absolute Gasteiger partial charge is 0.254 e. The molecular formula is C27H27Cl2N5O3. The average Bonchev–Trinajstić information content (AvgIpc) is 3.31. The lowest BCUT2D eigenvalue weighted by Gasteiger charge is -2.30. The summed E-state index contributed by atoms with van der Waals surface area (Å²) in [5.74, 6) is -0.418. The number of nitrogens with one attached hydrogen (secondary N) is 1. The van der Waals surface area contributed by atoms with Gasteiger partial charge >= 0.3 is 0 Å². The molecule has 0 fully saturated rings. The number of carbonyl (C=O) groups excluding carboxylic acids is 2. The molecule has 10 heteroatoms. The van der Waals surface area contributed by atoms with Crippen LogP contribution in [0.1, 0.15) is 28.0 Å². The van der Waals surface area contributed by atoms with Crippen LogP contribution in [0.2, 0.25) is 10.0 Å². The number of nitrogens with zero attached hydrogens (tertiary/aromatic N) is 3. The highest BCUT2D eigenvalue weighted by molar-refractivity contribution is 6.42. The molecule has 2 aliphatic rings. The van der Waals surface area contributed by atoms with Gasteiger partial charge in [0, 0.05) is 67.1 Å². The van der Waals surface area contributed by atoms with E-state index in [0.29, 0.717) is 58.6 Å². The number of para-hydroxylation sites is 1. The van der Waals surface area contributed by atoms with Crippen molar-refractivity contribution in [3.63, 3.8) is 0 Å². The summed E-state index contributed by atoms with van der Waals surface area (Å²) in [7, 11) is 1.91. The van der Waals surface area contributed by atoms with Crippen molar-refractivity contribution in [2.24, 2.45) is 16.6 Å². The number of nitrogens with two attached hydrogens (primary N) is 1. The Balaban J connectivity index is 0.000000342. The van der Waals surface area contributed by atoms with Crippen LogP contribution >= 0.6 is 23.2 Å². The van der Waals surface area contributed by atoms with Crippen LogP contribution in [-0.2, 0) is 11.2 Å². The number of hydrogen-bond donors (Lipinski definition) is 2. The van der Waals surface area contributed by atoms with Crippen LogP contribution in [0.25, 0.3) is 0 Å². The molecule has 5 rings (SSSR count). The first kappa shape index (κ1) is 26.4. The Kier molecular flexibility index (Phi) is 8.63. The lowest BCUT2D eigenvalue weighted by molar-refractivity contribution is -0.110. The minimum absolute atomic E-state index is 0.172. The first-order valence-electron chi connectivity index (χ1n) is 11.8. The van der Waals surface area contributed by atoms with E-state index in [4.69, 9.17) is 33.5 Å². The Labute approximate surface area is 225 Å². The number of carbonyl (C=O) groups is 2. The molecule has 0 saturated carbocycles. The van der Waals surface area contributed by atoms with E-state index in [1.54, 1.807) is 23.1 Å². The summed E-state index contributed by atoms with van der Waals surface area (Å²) >= 11 is 12.0. The molecule has 1 amide bonds. The summed E-state index contributed by atoms with van der Waals surface area (Å²) in [6, 6.07) is 14.9. The van der Waals surface area contributed by atoms with E-state index < -0.39 is 0 Å². The lowest BCUT2D eigenvalue weighted by atomic mass is 9.96. The van der Waals surface area contributed by atoms with Gasteiger partial charge in [0.2, 0.25) is 0 Å². The Morgan fingerprint density at radius 3 is 2.65 bits per heavy atom. The molecule has 0 saturated heterocycles. The topological polar surface area (TPSA) is 114 Å². The second-order valence-electron chi connectivity index (χ2n) is 8.70. The molecule has 0 radical (unpaired) electrons. The van der Waals surface area contributed by atoms with E-state index in [2.05, 4.69) is 15.5 Å².